The molecular formula is C16H16ClNO. The maximum atomic E-state index is 6.13. The third-order valence-corrected chi connectivity index (χ3v) is 3.86. The summed E-state index contributed by atoms with van der Waals surface area (Å²) in [5.41, 5.74) is 4.87. The van der Waals surface area contributed by atoms with E-state index in [9.17, 15) is 0 Å². The molecule has 2 aromatic carbocycles. The number of fused-ring (bicyclic) bond motifs is 1. The maximum absolute atomic E-state index is 6.13. The molecule has 1 aliphatic rings. The van der Waals surface area contributed by atoms with Gasteiger partial charge in [0.1, 0.15) is 5.75 Å². The monoisotopic (exact) mass is 273 g/mol. The molecule has 0 spiro atoms. The van der Waals surface area contributed by atoms with E-state index in [1.807, 2.05) is 30.3 Å². The van der Waals surface area contributed by atoms with E-state index in [0.717, 1.165) is 17.2 Å². The van der Waals surface area contributed by atoms with Crippen LogP contribution in [0.5, 0.6) is 5.75 Å². The molecule has 1 heterocycles. The number of aryl methyl sites for hydroxylation is 1. The van der Waals surface area contributed by atoms with Crippen molar-refractivity contribution in [3.05, 3.63) is 58.1 Å². The highest BCUT2D eigenvalue weighted by Crippen LogP contribution is 2.40. The maximum Gasteiger partial charge on any atom is 0.124 e. The molecule has 0 aliphatic carbocycles. The lowest BCUT2D eigenvalue weighted by molar-refractivity contribution is 0.407. The zero-order valence-electron chi connectivity index (χ0n) is 11.0. The molecule has 0 bridgehead atoms. The quantitative estimate of drug-likeness (QED) is 0.877. The van der Waals surface area contributed by atoms with Gasteiger partial charge >= 0.3 is 0 Å². The third kappa shape index (κ3) is 2.17. The highest BCUT2D eigenvalue weighted by Gasteiger charge is 2.25. The number of methoxy groups -OCH3 is 1. The first-order valence-corrected chi connectivity index (χ1v) is 6.75. The third-order valence-electron chi connectivity index (χ3n) is 3.64. The number of benzene rings is 2. The Morgan fingerprint density at radius 2 is 2.05 bits per heavy atom. The molecule has 0 saturated carbocycles. The standard InChI is InChI=1S/C16H16ClNO/c1-10-7-12(17)8-11-9-14(18-16(10)11)13-5-3-4-6-15(13)19-2/h3-8,14,18H,9H2,1-2H3. The van der Waals surface area contributed by atoms with Gasteiger partial charge in [0.2, 0.25) is 0 Å². The normalized spacial score (nSPS) is 16.9. The van der Waals surface area contributed by atoms with Gasteiger partial charge in [-0.3, -0.25) is 0 Å². The molecule has 3 heteroatoms. The minimum atomic E-state index is 0.253. The molecule has 2 nitrogen and oxygen atoms in total. The Morgan fingerprint density at radius 3 is 2.84 bits per heavy atom. The second kappa shape index (κ2) is 4.78. The number of hydrogen-bond donors (Lipinski definition) is 1. The van der Waals surface area contributed by atoms with Crippen molar-refractivity contribution in [3.63, 3.8) is 0 Å². The van der Waals surface area contributed by atoms with Gasteiger partial charge in [0.15, 0.2) is 0 Å². The Labute approximate surface area is 118 Å². The van der Waals surface area contributed by atoms with Crippen molar-refractivity contribution in [1.82, 2.24) is 0 Å². The van der Waals surface area contributed by atoms with Crippen LogP contribution in [0.2, 0.25) is 5.02 Å². The zero-order chi connectivity index (χ0) is 13.4. The van der Waals surface area contributed by atoms with Crippen LogP contribution in [-0.2, 0) is 6.42 Å². The number of rotatable bonds is 2. The smallest absolute Gasteiger partial charge is 0.124 e. The molecule has 0 amide bonds. The predicted molar refractivity (Wildman–Crippen MR) is 79.3 cm³/mol. The molecule has 0 saturated heterocycles. The minimum absolute atomic E-state index is 0.253. The number of nitrogens with one attached hydrogen (secondary N) is 1. The topological polar surface area (TPSA) is 21.3 Å². The van der Waals surface area contributed by atoms with E-state index in [2.05, 4.69) is 18.3 Å². The SMILES string of the molecule is COc1ccccc1C1Cc2cc(Cl)cc(C)c2N1. The van der Waals surface area contributed by atoms with Gasteiger partial charge in [-0.25, -0.2) is 0 Å². The van der Waals surface area contributed by atoms with Gasteiger partial charge in [0.25, 0.3) is 0 Å². The average molecular weight is 274 g/mol. The van der Waals surface area contributed by atoms with E-state index < -0.39 is 0 Å². The summed E-state index contributed by atoms with van der Waals surface area (Å²) in [6.45, 7) is 2.09. The molecule has 1 atom stereocenters. The molecule has 1 N–H and O–H groups in total. The van der Waals surface area contributed by atoms with Crippen molar-refractivity contribution in [3.8, 4) is 5.75 Å². The van der Waals surface area contributed by atoms with Gasteiger partial charge in [-0.05, 0) is 42.7 Å². The summed E-state index contributed by atoms with van der Waals surface area (Å²) in [6.07, 6.45) is 0.942. The second-order valence-corrected chi connectivity index (χ2v) is 5.34. The second-order valence-electron chi connectivity index (χ2n) is 4.90. The summed E-state index contributed by atoms with van der Waals surface area (Å²) in [7, 11) is 1.71. The molecule has 19 heavy (non-hydrogen) atoms. The van der Waals surface area contributed by atoms with Crippen LogP contribution in [0.1, 0.15) is 22.7 Å². The average Bonchev–Trinajstić information content (AvgIpc) is 2.82. The highest BCUT2D eigenvalue weighted by molar-refractivity contribution is 6.30. The van der Waals surface area contributed by atoms with Crippen LogP contribution < -0.4 is 10.1 Å². The summed E-state index contributed by atoms with van der Waals surface area (Å²) in [5, 5.41) is 4.39. The van der Waals surface area contributed by atoms with Gasteiger partial charge in [-0.2, -0.15) is 0 Å². The van der Waals surface area contributed by atoms with Crippen LogP contribution in [0, 0.1) is 6.92 Å². The summed E-state index contributed by atoms with van der Waals surface area (Å²) >= 11 is 6.13. The Kier molecular flexibility index (Phi) is 3.11. The number of para-hydroxylation sites is 1. The van der Waals surface area contributed by atoms with Gasteiger partial charge < -0.3 is 10.1 Å². The summed E-state index contributed by atoms with van der Waals surface area (Å²) in [5.74, 6) is 0.927. The fraction of sp³-hybridized carbons (Fsp3) is 0.250. The lowest BCUT2D eigenvalue weighted by Gasteiger charge is -2.15. The molecule has 2 aromatic rings. The number of anilines is 1. The lowest BCUT2D eigenvalue weighted by atomic mass is 10.0. The van der Waals surface area contributed by atoms with E-state index in [0.29, 0.717) is 0 Å². The van der Waals surface area contributed by atoms with E-state index in [1.54, 1.807) is 7.11 Å². The number of halogens is 1. The first-order valence-electron chi connectivity index (χ1n) is 6.37. The van der Waals surface area contributed by atoms with E-state index in [4.69, 9.17) is 16.3 Å². The first kappa shape index (κ1) is 12.4. The summed E-state index contributed by atoms with van der Waals surface area (Å²) in [4.78, 5) is 0. The predicted octanol–water partition coefficient (Wildman–Crippen LogP) is 4.37. The lowest BCUT2D eigenvalue weighted by Crippen LogP contribution is -2.07. The van der Waals surface area contributed by atoms with Crippen molar-refractivity contribution in [2.45, 2.75) is 19.4 Å². The molecule has 1 unspecified atom stereocenters. The molecule has 3 rings (SSSR count). The molecule has 0 radical (unpaired) electrons. The largest absolute Gasteiger partial charge is 0.496 e. The highest BCUT2D eigenvalue weighted by atomic mass is 35.5. The van der Waals surface area contributed by atoms with E-state index in [-0.39, 0.29) is 6.04 Å². The Bertz CT molecular complexity index is 624. The minimum Gasteiger partial charge on any atom is -0.496 e. The van der Waals surface area contributed by atoms with Gasteiger partial charge in [0, 0.05) is 16.3 Å². The van der Waals surface area contributed by atoms with Crippen molar-refractivity contribution in [2.75, 3.05) is 12.4 Å². The van der Waals surface area contributed by atoms with Crippen LogP contribution in [-0.4, -0.2) is 7.11 Å². The van der Waals surface area contributed by atoms with Crippen molar-refractivity contribution in [2.24, 2.45) is 0 Å². The number of hydrogen-bond acceptors (Lipinski definition) is 2. The van der Waals surface area contributed by atoms with Crippen LogP contribution in [0.15, 0.2) is 36.4 Å². The molecular weight excluding hydrogens is 258 g/mol. The summed E-state index contributed by atoms with van der Waals surface area (Å²) < 4.78 is 5.44. The van der Waals surface area contributed by atoms with Gasteiger partial charge in [-0.1, -0.05) is 29.8 Å². The Balaban J connectivity index is 1.98. The Hall–Kier alpha value is -1.67. The van der Waals surface area contributed by atoms with Crippen molar-refractivity contribution in [1.29, 1.82) is 0 Å². The molecule has 98 valence electrons. The summed E-state index contributed by atoms with van der Waals surface area (Å²) in [6, 6.07) is 12.4. The van der Waals surface area contributed by atoms with Crippen LogP contribution in [0.3, 0.4) is 0 Å². The van der Waals surface area contributed by atoms with Gasteiger partial charge in [-0.15, -0.1) is 0 Å². The zero-order valence-corrected chi connectivity index (χ0v) is 11.8. The van der Waals surface area contributed by atoms with Crippen molar-refractivity contribution < 1.29 is 4.74 Å². The van der Waals surface area contributed by atoms with E-state index in [1.165, 1.54) is 22.4 Å². The number of ether oxygens (including phenoxy) is 1. The van der Waals surface area contributed by atoms with Crippen LogP contribution in [0.25, 0.3) is 0 Å². The first-order chi connectivity index (χ1) is 9.19. The Morgan fingerprint density at radius 1 is 1.26 bits per heavy atom. The van der Waals surface area contributed by atoms with E-state index >= 15 is 0 Å². The fourth-order valence-electron chi connectivity index (χ4n) is 2.77. The molecule has 0 fully saturated rings. The molecule has 1 aliphatic heterocycles. The van der Waals surface area contributed by atoms with Crippen LogP contribution >= 0.6 is 11.6 Å². The van der Waals surface area contributed by atoms with Crippen LogP contribution in [0.4, 0.5) is 5.69 Å². The van der Waals surface area contributed by atoms with Crippen molar-refractivity contribution >= 4 is 17.3 Å². The van der Waals surface area contributed by atoms with Gasteiger partial charge in [0.05, 0.1) is 13.2 Å². The fourth-order valence-corrected chi connectivity index (χ4v) is 3.06. The molecule has 0 aromatic heterocycles.